The van der Waals surface area contributed by atoms with Crippen molar-refractivity contribution in [2.75, 3.05) is 14.2 Å². The van der Waals surface area contributed by atoms with Gasteiger partial charge in [0.1, 0.15) is 11.5 Å². The average Bonchev–Trinajstić information content (AvgIpc) is 2.70. The fourth-order valence-corrected chi connectivity index (χ4v) is 3.72. The number of amides is 1. The van der Waals surface area contributed by atoms with Crippen molar-refractivity contribution in [1.29, 1.82) is 0 Å². The van der Waals surface area contributed by atoms with E-state index in [2.05, 4.69) is 10.3 Å². The Balaban J connectivity index is 2.25. The highest BCUT2D eigenvalue weighted by Crippen LogP contribution is 2.45. The molecule has 0 bridgehead atoms. The average molecular weight is 436 g/mol. The SMILES string of the molecule is COc1cc(OC)c(Cl)c(-c2cc3cnc(CNC(C)=O)cc3n(C)c2=O)c1Cl. The van der Waals surface area contributed by atoms with Crippen LogP contribution in [-0.2, 0) is 18.4 Å². The summed E-state index contributed by atoms with van der Waals surface area (Å²) < 4.78 is 12.1. The number of rotatable bonds is 5. The van der Waals surface area contributed by atoms with E-state index in [1.165, 1.54) is 25.7 Å². The van der Waals surface area contributed by atoms with Crippen molar-refractivity contribution in [3.63, 3.8) is 0 Å². The maximum Gasteiger partial charge on any atom is 0.258 e. The van der Waals surface area contributed by atoms with E-state index in [1.807, 2.05) is 0 Å². The molecular weight excluding hydrogens is 417 g/mol. The van der Waals surface area contributed by atoms with Crippen LogP contribution in [0.15, 0.2) is 29.2 Å². The van der Waals surface area contributed by atoms with Crippen molar-refractivity contribution >= 4 is 40.0 Å². The number of halogens is 2. The second kappa shape index (κ2) is 8.31. The Bertz CT molecular complexity index is 1150. The zero-order valence-electron chi connectivity index (χ0n) is 16.3. The minimum atomic E-state index is -0.298. The molecule has 0 aliphatic rings. The van der Waals surface area contributed by atoms with Crippen LogP contribution in [0, 0.1) is 0 Å². The normalized spacial score (nSPS) is 10.8. The molecule has 0 radical (unpaired) electrons. The van der Waals surface area contributed by atoms with Gasteiger partial charge in [-0.3, -0.25) is 14.6 Å². The van der Waals surface area contributed by atoms with Gasteiger partial charge >= 0.3 is 0 Å². The Labute approximate surface area is 177 Å². The lowest BCUT2D eigenvalue weighted by atomic mass is 10.0. The third kappa shape index (κ3) is 3.88. The number of nitrogens with one attached hydrogen (secondary N) is 1. The first-order valence-electron chi connectivity index (χ1n) is 8.62. The highest BCUT2D eigenvalue weighted by atomic mass is 35.5. The topological polar surface area (TPSA) is 82.4 Å². The molecule has 0 saturated heterocycles. The van der Waals surface area contributed by atoms with Gasteiger partial charge in [-0.25, -0.2) is 0 Å². The van der Waals surface area contributed by atoms with Gasteiger partial charge in [0, 0.05) is 37.2 Å². The molecule has 1 N–H and O–H groups in total. The van der Waals surface area contributed by atoms with Crippen molar-refractivity contribution in [1.82, 2.24) is 14.9 Å². The molecule has 29 heavy (non-hydrogen) atoms. The van der Waals surface area contributed by atoms with Gasteiger partial charge in [0.2, 0.25) is 5.91 Å². The molecule has 3 rings (SSSR count). The third-order valence-corrected chi connectivity index (χ3v) is 5.28. The van der Waals surface area contributed by atoms with Gasteiger partial charge in [0.15, 0.2) is 0 Å². The van der Waals surface area contributed by atoms with Crippen molar-refractivity contribution in [2.45, 2.75) is 13.5 Å². The van der Waals surface area contributed by atoms with Crippen LogP contribution in [0.3, 0.4) is 0 Å². The molecule has 2 aromatic heterocycles. The standard InChI is InChI=1S/C20H19Cl2N3O4/c1-10(26)23-9-12-6-14-11(8-24-12)5-13(20(27)25(14)2)17-18(21)15(28-3)7-16(29-4)19(17)22/h5-8H,9H2,1-4H3,(H,23,26). The highest BCUT2D eigenvalue weighted by molar-refractivity contribution is 6.41. The van der Waals surface area contributed by atoms with Crippen molar-refractivity contribution in [3.8, 4) is 22.6 Å². The smallest absolute Gasteiger partial charge is 0.258 e. The monoisotopic (exact) mass is 435 g/mol. The summed E-state index contributed by atoms with van der Waals surface area (Å²) in [6.45, 7) is 1.70. The molecule has 0 aliphatic carbocycles. The molecule has 3 aromatic rings. The van der Waals surface area contributed by atoms with Gasteiger partial charge in [-0.15, -0.1) is 0 Å². The first-order valence-corrected chi connectivity index (χ1v) is 9.37. The molecule has 152 valence electrons. The van der Waals surface area contributed by atoms with E-state index in [1.54, 1.807) is 31.4 Å². The number of benzene rings is 1. The molecule has 2 heterocycles. The number of hydrogen-bond donors (Lipinski definition) is 1. The first kappa shape index (κ1) is 21.0. The molecule has 0 aliphatic heterocycles. The van der Waals surface area contributed by atoms with Gasteiger partial charge in [-0.2, -0.15) is 0 Å². The number of aromatic nitrogens is 2. The molecule has 7 nitrogen and oxygen atoms in total. The van der Waals surface area contributed by atoms with E-state index in [4.69, 9.17) is 32.7 Å². The van der Waals surface area contributed by atoms with Crippen LogP contribution in [0.5, 0.6) is 11.5 Å². The Hall–Kier alpha value is -2.77. The zero-order chi connectivity index (χ0) is 21.3. The van der Waals surface area contributed by atoms with Crippen molar-refractivity contribution in [3.05, 3.63) is 50.5 Å². The summed E-state index contributed by atoms with van der Waals surface area (Å²) in [7, 11) is 4.59. The first-order chi connectivity index (χ1) is 13.8. The third-order valence-electron chi connectivity index (χ3n) is 4.53. The van der Waals surface area contributed by atoms with Gasteiger partial charge in [0.05, 0.1) is 47.6 Å². The molecule has 0 unspecified atom stereocenters. The number of aryl methyl sites for hydroxylation is 1. The zero-order valence-corrected chi connectivity index (χ0v) is 17.8. The van der Waals surface area contributed by atoms with Gasteiger partial charge < -0.3 is 19.4 Å². The number of hydrogen-bond acceptors (Lipinski definition) is 5. The summed E-state index contributed by atoms with van der Waals surface area (Å²) in [5.41, 5.74) is 1.62. The molecule has 0 spiro atoms. The van der Waals surface area contributed by atoms with Crippen LogP contribution >= 0.6 is 23.2 Å². The number of ether oxygens (including phenoxy) is 2. The fourth-order valence-electron chi connectivity index (χ4n) is 3.02. The van der Waals surface area contributed by atoms with Crippen molar-refractivity contribution < 1.29 is 14.3 Å². The summed E-state index contributed by atoms with van der Waals surface area (Å²) in [6, 6.07) is 5.00. The van der Waals surface area contributed by atoms with E-state index in [0.717, 1.165) is 0 Å². The largest absolute Gasteiger partial charge is 0.495 e. The minimum absolute atomic E-state index is 0.160. The number of methoxy groups -OCH3 is 2. The fraction of sp³-hybridized carbons (Fsp3) is 0.250. The summed E-state index contributed by atoms with van der Waals surface area (Å²) in [5, 5.41) is 3.82. The molecule has 0 fully saturated rings. The lowest BCUT2D eigenvalue weighted by Gasteiger charge is -2.16. The van der Waals surface area contributed by atoms with E-state index >= 15 is 0 Å². The molecular formula is C20H19Cl2N3O4. The molecule has 0 saturated carbocycles. The van der Waals surface area contributed by atoms with Crippen LogP contribution in [0.1, 0.15) is 12.6 Å². The predicted octanol–water partition coefficient (Wildman–Crippen LogP) is 3.56. The second-order valence-corrected chi connectivity index (χ2v) is 7.11. The number of fused-ring (bicyclic) bond motifs is 1. The molecule has 0 atom stereocenters. The van der Waals surface area contributed by atoms with Gasteiger partial charge in [0.25, 0.3) is 5.56 Å². The number of carbonyl (C=O) groups excluding carboxylic acids is 1. The summed E-state index contributed by atoms with van der Waals surface area (Å²) in [4.78, 5) is 28.6. The van der Waals surface area contributed by atoms with E-state index < -0.39 is 0 Å². The predicted molar refractivity (Wildman–Crippen MR) is 113 cm³/mol. The maximum atomic E-state index is 13.1. The molecule has 9 heteroatoms. The Morgan fingerprint density at radius 3 is 2.31 bits per heavy atom. The van der Waals surface area contributed by atoms with Crippen molar-refractivity contribution in [2.24, 2.45) is 7.05 Å². The van der Waals surface area contributed by atoms with E-state index in [-0.39, 0.29) is 28.1 Å². The minimum Gasteiger partial charge on any atom is -0.495 e. The Kier molecular flexibility index (Phi) is 6.00. The number of carbonyl (C=O) groups is 1. The van der Waals surface area contributed by atoms with Crippen LogP contribution in [0.25, 0.3) is 22.0 Å². The van der Waals surface area contributed by atoms with Crippen LogP contribution in [-0.4, -0.2) is 29.7 Å². The Morgan fingerprint density at radius 1 is 1.14 bits per heavy atom. The Morgan fingerprint density at radius 2 is 1.76 bits per heavy atom. The summed E-state index contributed by atoms with van der Waals surface area (Å²) in [5.74, 6) is 0.523. The van der Waals surface area contributed by atoms with Crippen LogP contribution < -0.4 is 20.3 Å². The molecule has 1 aromatic carbocycles. The molecule has 1 amide bonds. The number of pyridine rings is 2. The number of nitrogens with zero attached hydrogens (tertiary/aromatic N) is 2. The van der Waals surface area contributed by atoms with Crippen LogP contribution in [0.2, 0.25) is 10.0 Å². The maximum absolute atomic E-state index is 13.1. The highest BCUT2D eigenvalue weighted by Gasteiger charge is 2.22. The second-order valence-electron chi connectivity index (χ2n) is 6.35. The quantitative estimate of drug-likeness (QED) is 0.662. The summed E-state index contributed by atoms with van der Waals surface area (Å²) in [6.07, 6.45) is 1.63. The van der Waals surface area contributed by atoms with Gasteiger partial charge in [-0.05, 0) is 12.1 Å². The van der Waals surface area contributed by atoms with E-state index in [0.29, 0.717) is 39.2 Å². The lowest BCUT2D eigenvalue weighted by molar-refractivity contribution is -0.119. The van der Waals surface area contributed by atoms with E-state index in [9.17, 15) is 9.59 Å². The summed E-state index contributed by atoms with van der Waals surface area (Å²) >= 11 is 13.0. The van der Waals surface area contributed by atoms with Crippen LogP contribution in [0.4, 0.5) is 0 Å². The van der Waals surface area contributed by atoms with Gasteiger partial charge in [-0.1, -0.05) is 23.2 Å². The lowest BCUT2D eigenvalue weighted by Crippen LogP contribution is -2.21.